The molecule has 0 saturated heterocycles. The molecule has 0 bridgehead atoms. The molecule has 0 aliphatic rings. The number of para-hydroxylation sites is 2. The van der Waals surface area contributed by atoms with Crippen molar-refractivity contribution in [1.29, 1.82) is 0 Å². The predicted molar refractivity (Wildman–Crippen MR) is 77.1 cm³/mol. The summed E-state index contributed by atoms with van der Waals surface area (Å²) in [4.78, 5) is 3.27. The van der Waals surface area contributed by atoms with Crippen molar-refractivity contribution in [1.82, 2.24) is 4.98 Å². The van der Waals surface area contributed by atoms with Crippen molar-refractivity contribution in [3.63, 3.8) is 0 Å². The van der Waals surface area contributed by atoms with Crippen LogP contribution in [0.25, 0.3) is 10.9 Å². The second-order valence-corrected chi connectivity index (χ2v) is 4.60. The van der Waals surface area contributed by atoms with E-state index >= 15 is 0 Å². The van der Waals surface area contributed by atoms with E-state index in [2.05, 4.69) is 28.5 Å². The number of H-pyrrole nitrogens is 1. The molecule has 2 aromatic carbocycles. The van der Waals surface area contributed by atoms with Crippen molar-refractivity contribution in [2.45, 2.75) is 6.54 Å². The maximum absolute atomic E-state index is 6.11. The Morgan fingerprint density at radius 2 is 1.78 bits per heavy atom. The van der Waals surface area contributed by atoms with Crippen molar-refractivity contribution >= 4 is 28.2 Å². The van der Waals surface area contributed by atoms with E-state index in [4.69, 9.17) is 11.6 Å². The highest BCUT2D eigenvalue weighted by Gasteiger charge is 2.03. The third-order valence-electron chi connectivity index (χ3n) is 3.02. The largest absolute Gasteiger partial charge is 0.380 e. The van der Waals surface area contributed by atoms with Crippen LogP contribution >= 0.6 is 11.6 Å². The molecule has 3 rings (SSSR count). The van der Waals surface area contributed by atoms with Crippen molar-refractivity contribution in [2.75, 3.05) is 5.32 Å². The fourth-order valence-electron chi connectivity index (χ4n) is 2.07. The first kappa shape index (κ1) is 11.2. The first-order valence-corrected chi connectivity index (χ1v) is 6.26. The van der Waals surface area contributed by atoms with Gasteiger partial charge in [-0.15, -0.1) is 0 Å². The summed E-state index contributed by atoms with van der Waals surface area (Å²) in [5.41, 5.74) is 3.36. The molecular weight excluding hydrogens is 244 g/mol. The molecule has 1 aromatic heterocycles. The quantitative estimate of drug-likeness (QED) is 0.713. The summed E-state index contributed by atoms with van der Waals surface area (Å²) in [5, 5.41) is 5.35. The van der Waals surface area contributed by atoms with E-state index in [9.17, 15) is 0 Å². The van der Waals surface area contributed by atoms with Gasteiger partial charge in [-0.2, -0.15) is 0 Å². The molecule has 0 radical (unpaired) electrons. The highest BCUT2D eigenvalue weighted by molar-refractivity contribution is 6.33. The van der Waals surface area contributed by atoms with Gasteiger partial charge in [0, 0.05) is 23.6 Å². The molecular formula is C15H13ClN2. The van der Waals surface area contributed by atoms with Crippen LogP contribution in [-0.4, -0.2) is 4.98 Å². The lowest BCUT2D eigenvalue weighted by Crippen LogP contribution is -1.98. The lowest BCUT2D eigenvalue weighted by molar-refractivity contribution is 1.16. The van der Waals surface area contributed by atoms with Crippen LogP contribution in [0.4, 0.5) is 5.69 Å². The zero-order chi connectivity index (χ0) is 12.4. The van der Waals surface area contributed by atoms with Crippen LogP contribution < -0.4 is 5.32 Å². The second-order valence-electron chi connectivity index (χ2n) is 4.19. The van der Waals surface area contributed by atoms with Crippen molar-refractivity contribution in [3.05, 3.63) is 65.3 Å². The number of rotatable bonds is 3. The van der Waals surface area contributed by atoms with Gasteiger partial charge in [0.1, 0.15) is 0 Å². The standard InChI is InChI=1S/C15H13ClN2/c16-13-6-2-4-8-15(13)18-10-11-9-17-14-7-3-1-5-12(11)14/h1-9,17-18H,10H2. The minimum atomic E-state index is 0.748. The molecule has 0 atom stereocenters. The van der Waals surface area contributed by atoms with Gasteiger partial charge >= 0.3 is 0 Å². The normalized spacial score (nSPS) is 10.7. The monoisotopic (exact) mass is 256 g/mol. The molecule has 0 spiro atoms. The van der Waals surface area contributed by atoms with Crippen LogP contribution in [0.2, 0.25) is 5.02 Å². The van der Waals surface area contributed by atoms with Gasteiger partial charge in [-0.3, -0.25) is 0 Å². The van der Waals surface area contributed by atoms with Gasteiger partial charge < -0.3 is 10.3 Å². The molecule has 0 unspecified atom stereocenters. The lowest BCUT2D eigenvalue weighted by atomic mass is 10.2. The van der Waals surface area contributed by atoms with E-state index < -0.39 is 0 Å². The van der Waals surface area contributed by atoms with Gasteiger partial charge in [-0.25, -0.2) is 0 Å². The Kier molecular flexibility index (Phi) is 2.95. The molecule has 0 amide bonds. The molecule has 0 fully saturated rings. The molecule has 0 aliphatic heterocycles. The highest BCUT2D eigenvalue weighted by atomic mass is 35.5. The number of aromatic amines is 1. The maximum atomic E-state index is 6.11. The maximum Gasteiger partial charge on any atom is 0.0637 e. The fourth-order valence-corrected chi connectivity index (χ4v) is 2.28. The Labute approximate surface area is 111 Å². The number of hydrogen-bond acceptors (Lipinski definition) is 1. The summed E-state index contributed by atoms with van der Waals surface area (Å²) in [5.74, 6) is 0. The number of nitrogens with one attached hydrogen (secondary N) is 2. The van der Waals surface area contributed by atoms with E-state index in [1.807, 2.05) is 36.5 Å². The summed E-state index contributed by atoms with van der Waals surface area (Å²) in [6.07, 6.45) is 2.04. The Morgan fingerprint density at radius 3 is 2.67 bits per heavy atom. The SMILES string of the molecule is Clc1ccccc1NCc1c[nH]c2ccccc12. The smallest absolute Gasteiger partial charge is 0.0637 e. The number of benzene rings is 2. The molecule has 2 N–H and O–H groups in total. The molecule has 1 heterocycles. The molecule has 2 nitrogen and oxygen atoms in total. The van der Waals surface area contributed by atoms with Crippen molar-refractivity contribution in [3.8, 4) is 0 Å². The molecule has 90 valence electrons. The first-order chi connectivity index (χ1) is 8.84. The number of hydrogen-bond donors (Lipinski definition) is 2. The van der Waals surface area contributed by atoms with Crippen LogP contribution in [0.5, 0.6) is 0 Å². The van der Waals surface area contributed by atoms with Crippen LogP contribution in [-0.2, 0) is 6.54 Å². The molecule has 18 heavy (non-hydrogen) atoms. The lowest BCUT2D eigenvalue weighted by Gasteiger charge is -2.07. The Morgan fingerprint density at radius 1 is 1.00 bits per heavy atom. The summed E-state index contributed by atoms with van der Waals surface area (Å²) < 4.78 is 0. The minimum absolute atomic E-state index is 0.748. The third kappa shape index (κ3) is 2.07. The molecule has 3 aromatic rings. The number of anilines is 1. The minimum Gasteiger partial charge on any atom is -0.380 e. The van der Waals surface area contributed by atoms with E-state index in [0.29, 0.717) is 0 Å². The van der Waals surface area contributed by atoms with Crippen LogP contribution in [0.1, 0.15) is 5.56 Å². The molecule has 0 aliphatic carbocycles. The fraction of sp³-hybridized carbons (Fsp3) is 0.0667. The van der Waals surface area contributed by atoms with Gasteiger partial charge in [0.05, 0.1) is 10.7 Å². The van der Waals surface area contributed by atoms with Crippen molar-refractivity contribution < 1.29 is 0 Å². The highest BCUT2D eigenvalue weighted by Crippen LogP contribution is 2.23. The van der Waals surface area contributed by atoms with Crippen LogP contribution in [0.3, 0.4) is 0 Å². The van der Waals surface area contributed by atoms with Crippen molar-refractivity contribution in [2.24, 2.45) is 0 Å². The molecule has 0 saturated carbocycles. The van der Waals surface area contributed by atoms with Gasteiger partial charge in [0.2, 0.25) is 0 Å². The van der Waals surface area contributed by atoms with E-state index in [1.165, 1.54) is 10.9 Å². The second kappa shape index (κ2) is 4.75. The molecule has 3 heteroatoms. The number of fused-ring (bicyclic) bond motifs is 1. The average molecular weight is 257 g/mol. The van der Waals surface area contributed by atoms with Gasteiger partial charge in [-0.05, 0) is 23.8 Å². The summed E-state index contributed by atoms with van der Waals surface area (Å²) >= 11 is 6.11. The third-order valence-corrected chi connectivity index (χ3v) is 3.35. The summed E-state index contributed by atoms with van der Waals surface area (Å²) in [7, 11) is 0. The first-order valence-electron chi connectivity index (χ1n) is 5.88. The van der Waals surface area contributed by atoms with E-state index in [-0.39, 0.29) is 0 Å². The predicted octanol–water partition coefficient (Wildman–Crippen LogP) is 4.43. The number of halogens is 1. The van der Waals surface area contributed by atoms with Gasteiger partial charge in [-0.1, -0.05) is 41.9 Å². The Balaban J connectivity index is 1.83. The average Bonchev–Trinajstić information content (AvgIpc) is 2.81. The summed E-state index contributed by atoms with van der Waals surface area (Å²) in [6.45, 7) is 0.758. The van der Waals surface area contributed by atoms with E-state index in [0.717, 1.165) is 22.8 Å². The summed E-state index contributed by atoms with van der Waals surface area (Å²) in [6, 6.07) is 16.1. The van der Waals surface area contributed by atoms with Gasteiger partial charge in [0.25, 0.3) is 0 Å². The topological polar surface area (TPSA) is 27.8 Å². The zero-order valence-corrected chi connectivity index (χ0v) is 10.5. The van der Waals surface area contributed by atoms with Gasteiger partial charge in [0.15, 0.2) is 0 Å². The van der Waals surface area contributed by atoms with Crippen LogP contribution in [0.15, 0.2) is 54.7 Å². The number of aromatic nitrogens is 1. The van der Waals surface area contributed by atoms with Crippen LogP contribution in [0, 0.1) is 0 Å². The Hall–Kier alpha value is -1.93. The zero-order valence-electron chi connectivity index (χ0n) is 9.78. The Bertz CT molecular complexity index is 673. The van der Waals surface area contributed by atoms with E-state index in [1.54, 1.807) is 0 Å².